The molecular formula is C13H22N2O2. The van der Waals surface area contributed by atoms with Crippen molar-refractivity contribution in [1.29, 1.82) is 0 Å². The molecule has 2 atom stereocenters. The van der Waals surface area contributed by atoms with E-state index in [9.17, 15) is 4.79 Å². The maximum Gasteiger partial charge on any atom is 0.246 e. The van der Waals surface area contributed by atoms with E-state index in [2.05, 4.69) is 16.7 Å². The highest BCUT2D eigenvalue weighted by molar-refractivity contribution is 5.77. The van der Waals surface area contributed by atoms with E-state index in [1.54, 1.807) is 5.57 Å². The molecule has 0 spiro atoms. The highest BCUT2D eigenvalue weighted by Crippen LogP contribution is 2.41. The van der Waals surface area contributed by atoms with Crippen LogP contribution in [0.15, 0.2) is 11.6 Å². The molecule has 4 heteroatoms. The van der Waals surface area contributed by atoms with Gasteiger partial charge in [0.05, 0.1) is 6.10 Å². The lowest BCUT2D eigenvalue weighted by molar-refractivity contribution is -0.128. The Balaban J connectivity index is 1.65. The summed E-state index contributed by atoms with van der Waals surface area (Å²) in [6.45, 7) is 1.67. The van der Waals surface area contributed by atoms with Crippen molar-refractivity contribution in [2.24, 2.45) is 5.92 Å². The van der Waals surface area contributed by atoms with Crippen LogP contribution in [0.5, 0.6) is 0 Å². The van der Waals surface area contributed by atoms with E-state index in [0.29, 0.717) is 12.5 Å². The molecule has 2 aliphatic rings. The SMILES string of the molecule is CNCCNC(=O)CO[C@H]1CCC2=CCCC21. The summed E-state index contributed by atoms with van der Waals surface area (Å²) in [5.74, 6) is 0.593. The molecule has 2 N–H and O–H groups in total. The van der Waals surface area contributed by atoms with Crippen molar-refractivity contribution in [1.82, 2.24) is 10.6 Å². The zero-order valence-corrected chi connectivity index (χ0v) is 10.5. The van der Waals surface area contributed by atoms with Crippen LogP contribution in [-0.2, 0) is 9.53 Å². The van der Waals surface area contributed by atoms with Crippen LogP contribution in [0.3, 0.4) is 0 Å². The number of likely N-dealkylation sites (N-methyl/N-ethyl adjacent to an activating group) is 1. The van der Waals surface area contributed by atoms with Crippen molar-refractivity contribution in [3.05, 3.63) is 11.6 Å². The van der Waals surface area contributed by atoms with Gasteiger partial charge in [-0.05, 0) is 32.7 Å². The third-order valence-electron chi connectivity index (χ3n) is 3.65. The fourth-order valence-electron chi connectivity index (χ4n) is 2.77. The van der Waals surface area contributed by atoms with Gasteiger partial charge in [-0.3, -0.25) is 4.79 Å². The Bertz CT molecular complexity index is 302. The van der Waals surface area contributed by atoms with E-state index >= 15 is 0 Å². The van der Waals surface area contributed by atoms with Crippen LogP contribution < -0.4 is 10.6 Å². The van der Waals surface area contributed by atoms with Crippen LogP contribution in [0.2, 0.25) is 0 Å². The molecule has 2 rings (SSSR count). The molecule has 0 radical (unpaired) electrons. The summed E-state index contributed by atoms with van der Waals surface area (Å²) in [6.07, 6.45) is 7.27. The molecule has 96 valence electrons. The van der Waals surface area contributed by atoms with E-state index in [0.717, 1.165) is 19.4 Å². The molecule has 1 unspecified atom stereocenters. The maximum absolute atomic E-state index is 11.5. The Morgan fingerprint density at radius 3 is 3.18 bits per heavy atom. The average Bonchev–Trinajstić information content (AvgIpc) is 2.89. The van der Waals surface area contributed by atoms with Crippen LogP contribution in [0.25, 0.3) is 0 Å². The topological polar surface area (TPSA) is 50.4 Å². The number of allylic oxidation sites excluding steroid dienone is 1. The molecule has 0 heterocycles. The highest BCUT2D eigenvalue weighted by atomic mass is 16.5. The van der Waals surface area contributed by atoms with Gasteiger partial charge in [-0.2, -0.15) is 0 Å². The van der Waals surface area contributed by atoms with E-state index in [1.807, 2.05) is 7.05 Å². The van der Waals surface area contributed by atoms with E-state index in [-0.39, 0.29) is 18.6 Å². The zero-order chi connectivity index (χ0) is 12.1. The van der Waals surface area contributed by atoms with Gasteiger partial charge in [0.25, 0.3) is 0 Å². The van der Waals surface area contributed by atoms with E-state index in [4.69, 9.17) is 4.74 Å². The van der Waals surface area contributed by atoms with Crippen LogP contribution in [0.1, 0.15) is 25.7 Å². The molecule has 0 aromatic heterocycles. The van der Waals surface area contributed by atoms with Crippen LogP contribution in [0, 0.1) is 5.92 Å². The smallest absolute Gasteiger partial charge is 0.246 e. The second-order valence-electron chi connectivity index (χ2n) is 4.80. The number of ether oxygens (including phenoxy) is 1. The second kappa shape index (κ2) is 6.17. The first-order chi connectivity index (χ1) is 8.31. The van der Waals surface area contributed by atoms with Crippen molar-refractivity contribution < 1.29 is 9.53 Å². The molecule has 0 saturated heterocycles. The van der Waals surface area contributed by atoms with Gasteiger partial charge in [0, 0.05) is 19.0 Å². The van der Waals surface area contributed by atoms with Gasteiger partial charge in [-0.25, -0.2) is 0 Å². The summed E-state index contributed by atoms with van der Waals surface area (Å²) in [5.41, 5.74) is 1.56. The number of nitrogens with one attached hydrogen (secondary N) is 2. The Morgan fingerprint density at radius 1 is 1.47 bits per heavy atom. The standard InChI is InChI=1S/C13H22N2O2/c1-14-7-8-15-13(16)9-17-12-6-5-10-3-2-4-11(10)12/h3,11-12,14H,2,4-9H2,1H3,(H,15,16)/t11?,12-/m0/s1. The van der Waals surface area contributed by atoms with Crippen molar-refractivity contribution in [2.75, 3.05) is 26.7 Å². The molecule has 0 bridgehead atoms. The third kappa shape index (κ3) is 3.30. The predicted molar refractivity (Wildman–Crippen MR) is 66.7 cm³/mol. The Kier molecular flexibility index (Phi) is 4.57. The van der Waals surface area contributed by atoms with Crippen LogP contribution in [0.4, 0.5) is 0 Å². The van der Waals surface area contributed by atoms with Crippen molar-refractivity contribution in [3.8, 4) is 0 Å². The van der Waals surface area contributed by atoms with Gasteiger partial charge in [-0.1, -0.05) is 11.6 Å². The van der Waals surface area contributed by atoms with Crippen LogP contribution in [-0.4, -0.2) is 38.8 Å². The number of carbonyl (C=O) groups excluding carboxylic acids is 1. The minimum absolute atomic E-state index is 0.00400. The number of hydrogen-bond donors (Lipinski definition) is 2. The lowest BCUT2D eigenvalue weighted by atomic mass is 10.0. The molecule has 4 nitrogen and oxygen atoms in total. The van der Waals surface area contributed by atoms with Crippen molar-refractivity contribution in [2.45, 2.75) is 31.8 Å². The fraction of sp³-hybridized carbons (Fsp3) is 0.769. The minimum atomic E-state index is -0.00400. The molecular weight excluding hydrogens is 216 g/mol. The summed E-state index contributed by atoms with van der Waals surface area (Å²) < 4.78 is 5.74. The van der Waals surface area contributed by atoms with Gasteiger partial charge in [0.1, 0.15) is 6.61 Å². The van der Waals surface area contributed by atoms with Crippen molar-refractivity contribution in [3.63, 3.8) is 0 Å². The molecule has 1 saturated carbocycles. The molecule has 0 aromatic carbocycles. The molecule has 0 aromatic rings. The summed E-state index contributed by atoms with van der Waals surface area (Å²) in [5, 5.41) is 5.81. The normalized spacial score (nSPS) is 26.8. The van der Waals surface area contributed by atoms with Gasteiger partial charge in [0.2, 0.25) is 5.91 Å². The minimum Gasteiger partial charge on any atom is -0.368 e. The number of amides is 1. The maximum atomic E-state index is 11.5. The zero-order valence-electron chi connectivity index (χ0n) is 10.5. The van der Waals surface area contributed by atoms with Gasteiger partial charge in [-0.15, -0.1) is 0 Å². The monoisotopic (exact) mass is 238 g/mol. The molecule has 2 aliphatic carbocycles. The van der Waals surface area contributed by atoms with E-state index in [1.165, 1.54) is 12.8 Å². The lowest BCUT2D eigenvalue weighted by Crippen LogP contribution is -2.34. The predicted octanol–water partition coefficient (Wildman–Crippen LogP) is 0.837. The molecule has 1 amide bonds. The molecule has 0 aliphatic heterocycles. The summed E-state index contributed by atoms with van der Waals surface area (Å²) >= 11 is 0. The highest BCUT2D eigenvalue weighted by Gasteiger charge is 2.34. The quantitative estimate of drug-likeness (QED) is 0.532. The van der Waals surface area contributed by atoms with Gasteiger partial charge < -0.3 is 15.4 Å². The third-order valence-corrected chi connectivity index (χ3v) is 3.65. The van der Waals surface area contributed by atoms with Crippen molar-refractivity contribution >= 4 is 5.91 Å². The Hall–Kier alpha value is -0.870. The summed E-state index contributed by atoms with van der Waals surface area (Å²) in [7, 11) is 1.87. The van der Waals surface area contributed by atoms with Crippen LogP contribution >= 0.6 is 0 Å². The second-order valence-corrected chi connectivity index (χ2v) is 4.80. The molecule has 1 fully saturated rings. The lowest BCUT2D eigenvalue weighted by Gasteiger charge is -2.17. The average molecular weight is 238 g/mol. The Labute approximate surface area is 103 Å². The fourth-order valence-corrected chi connectivity index (χ4v) is 2.77. The first kappa shape index (κ1) is 12.6. The first-order valence-corrected chi connectivity index (χ1v) is 6.53. The summed E-state index contributed by atoms with van der Waals surface area (Å²) in [4.78, 5) is 11.5. The van der Waals surface area contributed by atoms with Gasteiger partial charge >= 0.3 is 0 Å². The van der Waals surface area contributed by atoms with Gasteiger partial charge in [0.15, 0.2) is 0 Å². The number of rotatable bonds is 6. The number of fused-ring (bicyclic) bond motifs is 1. The largest absolute Gasteiger partial charge is 0.368 e. The first-order valence-electron chi connectivity index (χ1n) is 6.53. The summed E-state index contributed by atoms with van der Waals surface area (Å²) in [6, 6.07) is 0. The Morgan fingerprint density at radius 2 is 2.35 bits per heavy atom. The number of hydrogen-bond acceptors (Lipinski definition) is 3. The number of carbonyl (C=O) groups is 1. The van der Waals surface area contributed by atoms with E-state index < -0.39 is 0 Å². The molecule has 17 heavy (non-hydrogen) atoms.